The average Bonchev–Trinajstić information content (AvgIpc) is 2.30. The molecular weight excluding hydrogens is 198 g/mol. The van der Waals surface area contributed by atoms with E-state index in [-0.39, 0.29) is 0 Å². The van der Waals surface area contributed by atoms with Crippen LogP contribution >= 0.6 is 0 Å². The maximum Gasteiger partial charge on any atom is 0.0837 e. The Balaban J connectivity index is 2.78. The SMILES string of the molecule is C=CN=C(/C=C\C)C(=N)Cc1ccccn1. The van der Waals surface area contributed by atoms with Gasteiger partial charge in [0.2, 0.25) is 0 Å². The van der Waals surface area contributed by atoms with Crippen LogP contribution < -0.4 is 0 Å². The van der Waals surface area contributed by atoms with E-state index < -0.39 is 0 Å². The van der Waals surface area contributed by atoms with Gasteiger partial charge < -0.3 is 5.41 Å². The molecule has 16 heavy (non-hydrogen) atoms. The van der Waals surface area contributed by atoms with Crippen molar-refractivity contribution in [3.8, 4) is 0 Å². The first-order valence-electron chi connectivity index (χ1n) is 5.07. The summed E-state index contributed by atoms with van der Waals surface area (Å²) in [7, 11) is 0. The van der Waals surface area contributed by atoms with Crippen molar-refractivity contribution in [2.45, 2.75) is 13.3 Å². The normalized spacial score (nSPS) is 11.7. The smallest absolute Gasteiger partial charge is 0.0837 e. The summed E-state index contributed by atoms with van der Waals surface area (Å²) in [6, 6.07) is 5.67. The van der Waals surface area contributed by atoms with E-state index in [9.17, 15) is 0 Å². The van der Waals surface area contributed by atoms with Gasteiger partial charge in [-0.25, -0.2) is 0 Å². The Labute approximate surface area is 95.8 Å². The summed E-state index contributed by atoms with van der Waals surface area (Å²) >= 11 is 0. The highest BCUT2D eigenvalue weighted by atomic mass is 14.7. The molecule has 3 heteroatoms. The number of hydrogen-bond donors (Lipinski definition) is 1. The van der Waals surface area contributed by atoms with Gasteiger partial charge in [0.15, 0.2) is 0 Å². The van der Waals surface area contributed by atoms with E-state index in [0.717, 1.165) is 5.69 Å². The minimum atomic E-state index is 0.441. The standard InChI is InChI=1S/C13H15N3/c1-3-7-13(15-4-2)12(14)10-11-8-5-6-9-16-11/h3-9,14H,2,10H2,1H3/b7-3-,14-12?,15-13?. The number of hydrogen-bond acceptors (Lipinski definition) is 3. The summed E-state index contributed by atoms with van der Waals surface area (Å²) in [4.78, 5) is 8.23. The number of nitrogens with one attached hydrogen (secondary N) is 1. The van der Waals surface area contributed by atoms with Crippen LogP contribution in [0.4, 0.5) is 0 Å². The third-order valence-electron chi connectivity index (χ3n) is 1.95. The van der Waals surface area contributed by atoms with E-state index in [2.05, 4.69) is 16.6 Å². The highest BCUT2D eigenvalue weighted by molar-refractivity contribution is 6.45. The monoisotopic (exact) mass is 213 g/mol. The molecule has 0 atom stereocenters. The predicted octanol–water partition coefficient (Wildman–Crippen LogP) is 2.80. The summed E-state index contributed by atoms with van der Waals surface area (Å²) < 4.78 is 0. The van der Waals surface area contributed by atoms with Crippen molar-refractivity contribution in [1.82, 2.24) is 4.98 Å². The fraction of sp³-hybridized carbons (Fsp3) is 0.154. The van der Waals surface area contributed by atoms with Crippen molar-refractivity contribution in [1.29, 1.82) is 5.41 Å². The Morgan fingerprint density at radius 1 is 1.56 bits per heavy atom. The number of pyridine rings is 1. The molecule has 3 nitrogen and oxygen atoms in total. The average molecular weight is 213 g/mol. The summed E-state index contributed by atoms with van der Waals surface area (Å²) in [6.45, 7) is 5.43. The molecule has 0 aliphatic rings. The molecule has 0 spiro atoms. The molecule has 0 aromatic carbocycles. The Kier molecular flexibility index (Phi) is 4.86. The second-order valence-corrected chi connectivity index (χ2v) is 3.17. The van der Waals surface area contributed by atoms with Gasteiger partial charge in [0.1, 0.15) is 0 Å². The molecule has 0 aliphatic heterocycles. The van der Waals surface area contributed by atoms with E-state index in [1.54, 1.807) is 12.3 Å². The third kappa shape index (κ3) is 3.61. The van der Waals surface area contributed by atoms with Gasteiger partial charge in [-0.2, -0.15) is 0 Å². The van der Waals surface area contributed by atoms with E-state index >= 15 is 0 Å². The van der Waals surface area contributed by atoms with Gasteiger partial charge >= 0.3 is 0 Å². The molecule has 1 rings (SSSR count). The third-order valence-corrected chi connectivity index (χ3v) is 1.95. The molecule has 0 aliphatic carbocycles. The summed E-state index contributed by atoms with van der Waals surface area (Å²) in [5.74, 6) is 0. The molecular formula is C13H15N3. The molecule has 0 saturated heterocycles. The quantitative estimate of drug-likeness (QED) is 0.751. The van der Waals surface area contributed by atoms with Crippen molar-refractivity contribution in [3.05, 3.63) is 55.0 Å². The van der Waals surface area contributed by atoms with E-state index in [0.29, 0.717) is 17.8 Å². The molecule has 1 aromatic rings. The molecule has 0 radical (unpaired) electrons. The van der Waals surface area contributed by atoms with Gasteiger partial charge in [0.25, 0.3) is 0 Å². The van der Waals surface area contributed by atoms with Crippen LogP contribution in [0.5, 0.6) is 0 Å². The lowest BCUT2D eigenvalue weighted by Gasteiger charge is -2.02. The van der Waals surface area contributed by atoms with Gasteiger partial charge in [-0.3, -0.25) is 9.98 Å². The maximum atomic E-state index is 7.92. The van der Waals surface area contributed by atoms with Crippen LogP contribution in [-0.4, -0.2) is 16.4 Å². The summed E-state index contributed by atoms with van der Waals surface area (Å²) in [5.41, 5.74) is 1.94. The second-order valence-electron chi connectivity index (χ2n) is 3.17. The fourth-order valence-corrected chi connectivity index (χ4v) is 1.25. The molecule has 1 heterocycles. The molecule has 1 aromatic heterocycles. The number of aliphatic imine (C=N–C) groups is 1. The van der Waals surface area contributed by atoms with Crippen LogP contribution in [0.15, 0.2) is 54.3 Å². The lowest BCUT2D eigenvalue weighted by Crippen LogP contribution is -2.13. The van der Waals surface area contributed by atoms with Crippen molar-refractivity contribution < 1.29 is 0 Å². The van der Waals surface area contributed by atoms with Crippen molar-refractivity contribution in [2.24, 2.45) is 4.99 Å². The Hall–Kier alpha value is -2.03. The van der Waals surface area contributed by atoms with Crippen molar-refractivity contribution in [2.75, 3.05) is 0 Å². The Morgan fingerprint density at radius 2 is 2.38 bits per heavy atom. The first-order chi connectivity index (χ1) is 7.77. The van der Waals surface area contributed by atoms with Crippen LogP contribution in [0.3, 0.4) is 0 Å². The summed E-state index contributed by atoms with van der Waals surface area (Å²) in [6.07, 6.45) is 7.31. The van der Waals surface area contributed by atoms with Gasteiger partial charge in [0.05, 0.1) is 11.4 Å². The van der Waals surface area contributed by atoms with Crippen LogP contribution in [-0.2, 0) is 6.42 Å². The lowest BCUT2D eigenvalue weighted by molar-refractivity contribution is 1.14. The molecule has 0 bridgehead atoms. The number of nitrogens with zero attached hydrogens (tertiary/aromatic N) is 2. The van der Waals surface area contributed by atoms with E-state index in [1.807, 2.05) is 31.2 Å². The zero-order valence-electron chi connectivity index (χ0n) is 9.35. The van der Waals surface area contributed by atoms with Gasteiger partial charge in [0, 0.05) is 24.5 Å². The Morgan fingerprint density at radius 3 is 2.94 bits per heavy atom. The number of rotatable bonds is 5. The molecule has 0 amide bonds. The fourth-order valence-electron chi connectivity index (χ4n) is 1.25. The predicted molar refractivity (Wildman–Crippen MR) is 68.1 cm³/mol. The van der Waals surface area contributed by atoms with Crippen LogP contribution in [0, 0.1) is 5.41 Å². The first-order valence-corrected chi connectivity index (χ1v) is 5.07. The second kappa shape index (κ2) is 6.45. The minimum Gasteiger partial charge on any atom is -0.303 e. The minimum absolute atomic E-state index is 0.441. The molecule has 1 N–H and O–H groups in total. The highest BCUT2D eigenvalue weighted by Crippen LogP contribution is 1.99. The lowest BCUT2D eigenvalue weighted by atomic mass is 10.1. The zero-order valence-corrected chi connectivity index (χ0v) is 9.35. The topological polar surface area (TPSA) is 49.1 Å². The van der Waals surface area contributed by atoms with E-state index in [1.165, 1.54) is 6.20 Å². The van der Waals surface area contributed by atoms with Gasteiger partial charge in [-0.1, -0.05) is 18.7 Å². The van der Waals surface area contributed by atoms with Crippen molar-refractivity contribution in [3.63, 3.8) is 0 Å². The number of allylic oxidation sites excluding steroid dienone is 2. The highest BCUT2D eigenvalue weighted by Gasteiger charge is 2.04. The van der Waals surface area contributed by atoms with Gasteiger partial charge in [-0.15, -0.1) is 0 Å². The van der Waals surface area contributed by atoms with Crippen LogP contribution in [0.25, 0.3) is 0 Å². The molecule has 82 valence electrons. The van der Waals surface area contributed by atoms with Crippen molar-refractivity contribution >= 4 is 11.4 Å². The van der Waals surface area contributed by atoms with Crippen LogP contribution in [0.1, 0.15) is 12.6 Å². The number of aromatic nitrogens is 1. The molecule has 0 saturated carbocycles. The maximum absolute atomic E-state index is 7.92. The Bertz CT molecular complexity index is 416. The summed E-state index contributed by atoms with van der Waals surface area (Å²) in [5, 5.41) is 7.92. The van der Waals surface area contributed by atoms with Crippen LogP contribution in [0.2, 0.25) is 0 Å². The molecule has 0 fully saturated rings. The first kappa shape index (κ1) is 12.0. The van der Waals surface area contributed by atoms with Gasteiger partial charge in [-0.05, 0) is 25.1 Å². The molecule has 0 unspecified atom stereocenters. The largest absolute Gasteiger partial charge is 0.303 e. The zero-order chi connectivity index (χ0) is 11.8. The van der Waals surface area contributed by atoms with E-state index in [4.69, 9.17) is 5.41 Å².